The Labute approximate surface area is 177 Å². The van der Waals surface area contributed by atoms with E-state index in [0.29, 0.717) is 6.42 Å². The van der Waals surface area contributed by atoms with Crippen molar-refractivity contribution in [2.75, 3.05) is 20.7 Å². The number of carbonyl (C=O) groups is 2. The van der Waals surface area contributed by atoms with E-state index in [4.69, 9.17) is 9.84 Å². The summed E-state index contributed by atoms with van der Waals surface area (Å²) >= 11 is 0. The van der Waals surface area contributed by atoms with Gasteiger partial charge in [-0.25, -0.2) is 5.01 Å². The third-order valence-corrected chi connectivity index (χ3v) is 5.71. The Balaban J connectivity index is 1.60. The van der Waals surface area contributed by atoms with E-state index in [9.17, 15) is 9.59 Å². The predicted octanol–water partition coefficient (Wildman–Crippen LogP) is 3.55. The number of amides is 2. The molecule has 6 nitrogen and oxygen atoms in total. The van der Waals surface area contributed by atoms with Gasteiger partial charge in [-0.3, -0.25) is 9.59 Å². The van der Waals surface area contributed by atoms with Gasteiger partial charge in [0.25, 0.3) is 5.91 Å². The van der Waals surface area contributed by atoms with Gasteiger partial charge in [0.05, 0.1) is 18.9 Å². The molecule has 2 aromatic rings. The predicted molar refractivity (Wildman–Crippen MR) is 115 cm³/mol. The number of hydrazone groups is 1. The van der Waals surface area contributed by atoms with Crippen LogP contribution in [0, 0.1) is 12.8 Å². The van der Waals surface area contributed by atoms with E-state index in [2.05, 4.69) is 0 Å². The van der Waals surface area contributed by atoms with E-state index in [1.807, 2.05) is 55.5 Å². The number of rotatable bonds is 6. The molecule has 0 unspecified atom stereocenters. The molecule has 1 fully saturated rings. The summed E-state index contributed by atoms with van der Waals surface area (Å²) in [6, 6.07) is 15.7. The number of carbonyl (C=O) groups excluding carboxylic acids is 2. The first kappa shape index (κ1) is 20.1. The Bertz CT molecular complexity index is 979. The molecular formula is C24H27N3O3. The highest BCUT2D eigenvalue weighted by Crippen LogP contribution is 2.34. The molecule has 1 aliphatic carbocycles. The minimum atomic E-state index is -0.191. The minimum Gasteiger partial charge on any atom is -0.497 e. The molecular weight excluding hydrogens is 378 g/mol. The maximum atomic E-state index is 13.2. The van der Waals surface area contributed by atoms with Crippen LogP contribution in [-0.2, 0) is 9.59 Å². The summed E-state index contributed by atoms with van der Waals surface area (Å²) in [6.45, 7) is 2.07. The van der Waals surface area contributed by atoms with Gasteiger partial charge in [-0.05, 0) is 37.5 Å². The van der Waals surface area contributed by atoms with E-state index in [1.165, 1.54) is 10.5 Å². The maximum Gasteiger partial charge on any atom is 0.262 e. The largest absolute Gasteiger partial charge is 0.497 e. The highest BCUT2D eigenvalue weighted by molar-refractivity contribution is 6.03. The molecule has 0 spiro atoms. The fourth-order valence-corrected chi connectivity index (χ4v) is 3.76. The van der Waals surface area contributed by atoms with Crippen molar-refractivity contribution in [2.24, 2.45) is 11.0 Å². The summed E-state index contributed by atoms with van der Waals surface area (Å²) in [5.74, 6) is 0.716. The molecule has 1 aliphatic heterocycles. The lowest BCUT2D eigenvalue weighted by molar-refractivity contribution is -0.141. The van der Waals surface area contributed by atoms with Gasteiger partial charge >= 0.3 is 0 Å². The summed E-state index contributed by atoms with van der Waals surface area (Å²) in [5, 5.41) is 6.25. The SMILES string of the molecule is COc1cccc(C2=NN(C(=O)CN(C)C(=O)C3CC3)[C@H](c3ccc(C)cc3)C2)c1. The highest BCUT2D eigenvalue weighted by atomic mass is 16.5. The van der Waals surface area contributed by atoms with Crippen LogP contribution in [0.2, 0.25) is 0 Å². The molecule has 4 rings (SSSR count). The number of methoxy groups -OCH3 is 1. The topological polar surface area (TPSA) is 62.2 Å². The second-order valence-corrected chi connectivity index (χ2v) is 8.12. The van der Waals surface area contributed by atoms with Crippen LogP contribution in [-0.4, -0.2) is 48.1 Å². The monoisotopic (exact) mass is 405 g/mol. The highest BCUT2D eigenvalue weighted by Gasteiger charge is 2.36. The molecule has 1 atom stereocenters. The number of ether oxygens (including phenoxy) is 1. The molecule has 156 valence electrons. The maximum absolute atomic E-state index is 13.2. The van der Waals surface area contributed by atoms with E-state index in [0.717, 1.165) is 35.4 Å². The number of benzene rings is 2. The van der Waals surface area contributed by atoms with Gasteiger partial charge in [0, 0.05) is 24.9 Å². The molecule has 2 amide bonds. The van der Waals surface area contributed by atoms with Gasteiger partial charge in [-0.15, -0.1) is 0 Å². The Kier molecular flexibility index (Phi) is 5.57. The van der Waals surface area contributed by atoms with Crippen molar-refractivity contribution in [3.63, 3.8) is 0 Å². The first-order valence-electron chi connectivity index (χ1n) is 10.3. The van der Waals surface area contributed by atoms with Gasteiger partial charge in [0.2, 0.25) is 5.91 Å². The molecule has 2 aromatic carbocycles. The lowest BCUT2D eigenvalue weighted by atomic mass is 9.97. The lowest BCUT2D eigenvalue weighted by Gasteiger charge is -2.25. The van der Waals surface area contributed by atoms with Crippen LogP contribution in [0.4, 0.5) is 0 Å². The van der Waals surface area contributed by atoms with Crippen LogP contribution < -0.4 is 4.74 Å². The average molecular weight is 405 g/mol. The third-order valence-electron chi connectivity index (χ3n) is 5.71. The zero-order valence-corrected chi connectivity index (χ0v) is 17.7. The number of hydrogen-bond acceptors (Lipinski definition) is 4. The third kappa shape index (κ3) is 4.22. The number of likely N-dealkylation sites (N-methyl/N-ethyl adjacent to an activating group) is 1. The minimum absolute atomic E-state index is 0.0343. The number of aryl methyl sites for hydroxylation is 1. The molecule has 0 bridgehead atoms. The molecule has 30 heavy (non-hydrogen) atoms. The van der Waals surface area contributed by atoms with Gasteiger partial charge in [-0.1, -0.05) is 42.0 Å². The lowest BCUT2D eigenvalue weighted by Crippen LogP contribution is -2.39. The van der Waals surface area contributed by atoms with Crippen molar-refractivity contribution in [1.82, 2.24) is 9.91 Å². The van der Waals surface area contributed by atoms with Gasteiger partial charge < -0.3 is 9.64 Å². The van der Waals surface area contributed by atoms with Crippen molar-refractivity contribution in [3.8, 4) is 5.75 Å². The Morgan fingerprint density at radius 3 is 2.57 bits per heavy atom. The summed E-state index contributed by atoms with van der Waals surface area (Å²) in [4.78, 5) is 27.0. The summed E-state index contributed by atoms with van der Waals surface area (Å²) < 4.78 is 5.34. The van der Waals surface area contributed by atoms with E-state index < -0.39 is 0 Å². The Morgan fingerprint density at radius 2 is 1.90 bits per heavy atom. The van der Waals surface area contributed by atoms with Crippen LogP contribution in [0.3, 0.4) is 0 Å². The van der Waals surface area contributed by atoms with E-state index in [-0.39, 0.29) is 30.3 Å². The summed E-state index contributed by atoms with van der Waals surface area (Å²) in [5.41, 5.74) is 3.97. The molecule has 0 aromatic heterocycles. The normalized spacial score (nSPS) is 18.2. The molecule has 0 radical (unpaired) electrons. The first-order chi connectivity index (χ1) is 14.5. The second kappa shape index (κ2) is 8.30. The van der Waals surface area contributed by atoms with Gasteiger partial charge in [0.15, 0.2) is 0 Å². The van der Waals surface area contributed by atoms with Crippen molar-refractivity contribution in [3.05, 3.63) is 65.2 Å². The molecule has 1 saturated carbocycles. The van der Waals surface area contributed by atoms with Crippen LogP contribution in [0.5, 0.6) is 5.75 Å². The fourth-order valence-electron chi connectivity index (χ4n) is 3.76. The molecule has 1 heterocycles. The number of hydrogen-bond donors (Lipinski definition) is 0. The standard InChI is InChI=1S/C24H27N3O3/c1-16-7-9-17(10-8-16)22-14-21(19-5-4-6-20(13-19)30-3)25-27(22)23(28)15-26(2)24(29)18-11-12-18/h4-10,13,18,22H,11-12,14-15H2,1-3H3/t22-/m0/s1. The summed E-state index contributed by atoms with van der Waals surface area (Å²) in [7, 11) is 3.33. The van der Waals surface area contributed by atoms with Crippen LogP contribution in [0.1, 0.15) is 42.0 Å². The quantitative estimate of drug-likeness (QED) is 0.738. The van der Waals surface area contributed by atoms with Gasteiger partial charge in [-0.2, -0.15) is 5.10 Å². The average Bonchev–Trinajstić information content (AvgIpc) is 3.51. The van der Waals surface area contributed by atoms with Crippen LogP contribution in [0.25, 0.3) is 0 Å². The van der Waals surface area contributed by atoms with Crippen molar-refractivity contribution in [2.45, 2.75) is 32.2 Å². The zero-order valence-electron chi connectivity index (χ0n) is 17.7. The second-order valence-electron chi connectivity index (χ2n) is 8.12. The summed E-state index contributed by atoms with van der Waals surface area (Å²) in [6.07, 6.45) is 2.46. The van der Waals surface area contributed by atoms with Crippen LogP contribution >= 0.6 is 0 Å². The molecule has 2 aliphatic rings. The number of nitrogens with zero attached hydrogens (tertiary/aromatic N) is 3. The van der Waals surface area contributed by atoms with Gasteiger partial charge in [0.1, 0.15) is 12.3 Å². The van der Waals surface area contributed by atoms with Crippen molar-refractivity contribution in [1.29, 1.82) is 0 Å². The fraction of sp³-hybridized carbons (Fsp3) is 0.375. The first-order valence-corrected chi connectivity index (χ1v) is 10.3. The van der Waals surface area contributed by atoms with E-state index in [1.54, 1.807) is 19.2 Å². The Hall–Kier alpha value is -3.15. The smallest absolute Gasteiger partial charge is 0.262 e. The Morgan fingerprint density at radius 1 is 1.17 bits per heavy atom. The van der Waals surface area contributed by atoms with Crippen molar-refractivity contribution < 1.29 is 14.3 Å². The molecule has 0 saturated heterocycles. The molecule has 6 heteroatoms. The van der Waals surface area contributed by atoms with Crippen LogP contribution in [0.15, 0.2) is 53.6 Å². The molecule has 0 N–H and O–H groups in total. The van der Waals surface area contributed by atoms with E-state index >= 15 is 0 Å². The van der Waals surface area contributed by atoms with Crippen molar-refractivity contribution >= 4 is 17.5 Å². The zero-order chi connectivity index (χ0) is 21.3.